The molecule has 1 aliphatic rings. The Morgan fingerprint density at radius 3 is 2.67 bits per heavy atom. The van der Waals surface area contributed by atoms with Gasteiger partial charge in [0.2, 0.25) is 5.91 Å². The Labute approximate surface area is 126 Å². The summed E-state index contributed by atoms with van der Waals surface area (Å²) in [6, 6.07) is 9.87. The molecule has 1 amide bonds. The lowest BCUT2D eigenvalue weighted by atomic mass is 10.1. The highest BCUT2D eigenvalue weighted by atomic mass is 16.5. The van der Waals surface area contributed by atoms with E-state index >= 15 is 0 Å². The Bertz CT molecular complexity index is 451. The Morgan fingerprint density at radius 1 is 1.29 bits per heavy atom. The molecule has 0 bridgehead atoms. The van der Waals surface area contributed by atoms with Crippen LogP contribution >= 0.6 is 0 Å². The van der Waals surface area contributed by atoms with Gasteiger partial charge in [-0.1, -0.05) is 30.3 Å². The van der Waals surface area contributed by atoms with Gasteiger partial charge in [0.25, 0.3) is 0 Å². The smallest absolute Gasteiger partial charge is 0.246 e. The molecule has 0 unspecified atom stereocenters. The van der Waals surface area contributed by atoms with Crippen molar-refractivity contribution in [2.24, 2.45) is 5.73 Å². The maximum Gasteiger partial charge on any atom is 0.246 e. The Balaban J connectivity index is 1.74. The van der Waals surface area contributed by atoms with Crippen LogP contribution in [0.5, 0.6) is 0 Å². The molecule has 4 heteroatoms. The van der Waals surface area contributed by atoms with Crippen molar-refractivity contribution in [3.8, 4) is 0 Å². The standard InChI is InChI=1S/C17H24N2O2/c18-11-4-14-21-16-9-12-19(13-10-16)17(20)8-7-15-5-2-1-3-6-15/h1-3,5-8,16H,4,9-14,18H2. The highest BCUT2D eigenvalue weighted by Crippen LogP contribution is 2.14. The van der Waals surface area contributed by atoms with Crippen molar-refractivity contribution in [2.45, 2.75) is 25.4 Å². The first kappa shape index (κ1) is 15.7. The number of hydrogen-bond acceptors (Lipinski definition) is 3. The van der Waals surface area contributed by atoms with Gasteiger partial charge in [0, 0.05) is 25.8 Å². The van der Waals surface area contributed by atoms with Crippen molar-refractivity contribution in [1.29, 1.82) is 0 Å². The van der Waals surface area contributed by atoms with Crippen LogP contribution in [0.1, 0.15) is 24.8 Å². The molecular formula is C17H24N2O2. The number of carbonyl (C=O) groups is 1. The third-order valence-electron chi connectivity index (χ3n) is 3.67. The average molecular weight is 288 g/mol. The summed E-state index contributed by atoms with van der Waals surface area (Å²) in [4.78, 5) is 14.0. The second-order valence-corrected chi connectivity index (χ2v) is 5.28. The van der Waals surface area contributed by atoms with E-state index in [4.69, 9.17) is 10.5 Å². The monoisotopic (exact) mass is 288 g/mol. The Hall–Kier alpha value is -1.65. The van der Waals surface area contributed by atoms with Crippen molar-refractivity contribution < 1.29 is 9.53 Å². The Kier molecular flexibility index (Phi) is 6.44. The van der Waals surface area contributed by atoms with Crippen LogP contribution in [0.2, 0.25) is 0 Å². The minimum Gasteiger partial charge on any atom is -0.378 e. The molecule has 0 aliphatic carbocycles. The van der Waals surface area contributed by atoms with Crippen LogP contribution in [-0.4, -0.2) is 43.2 Å². The number of amides is 1. The lowest BCUT2D eigenvalue weighted by Gasteiger charge is -2.31. The van der Waals surface area contributed by atoms with E-state index in [2.05, 4.69) is 0 Å². The van der Waals surface area contributed by atoms with Crippen molar-refractivity contribution in [3.63, 3.8) is 0 Å². The van der Waals surface area contributed by atoms with E-state index in [1.54, 1.807) is 6.08 Å². The first-order valence-corrected chi connectivity index (χ1v) is 7.63. The summed E-state index contributed by atoms with van der Waals surface area (Å²) in [6.45, 7) is 2.93. The van der Waals surface area contributed by atoms with Gasteiger partial charge in [0.1, 0.15) is 0 Å². The fourth-order valence-corrected chi connectivity index (χ4v) is 2.41. The van der Waals surface area contributed by atoms with Gasteiger partial charge < -0.3 is 15.4 Å². The van der Waals surface area contributed by atoms with Gasteiger partial charge in [-0.05, 0) is 37.4 Å². The molecule has 2 N–H and O–H groups in total. The number of hydrogen-bond donors (Lipinski definition) is 1. The summed E-state index contributed by atoms with van der Waals surface area (Å²) in [5.41, 5.74) is 6.49. The fraction of sp³-hybridized carbons (Fsp3) is 0.471. The number of nitrogens with two attached hydrogens (primary N) is 1. The van der Waals surface area contributed by atoms with Crippen LogP contribution in [0.3, 0.4) is 0 Å². The van der Waals surface area contributed by atoms with E-state index in [1.807, 2.05) is 41.3 Å². The van der Waals surface area contributed by atoms with Gasteiger partial charge in [-0.25, -0.2) is 0 Å². The summed E-state index contributed by atoms with van der Waals surface area (Å²) >= 11 is 0. The van der Waals surface area contributed by atoms with Gasteiger partial charge in [-0.2, -0.15) is 0 Å². The summed E-state index contributed by atoms with van der Waals surface area (Å²) < 4.78 is 5.74. The van der Waals surface area contributed by atoms with Crippen LogP contribution in [0.15, 0.2) is 36.4 Å². The molecule has 0 saturated carbocycles. The average Bonchev–Trinajstić information content (AvgIpc) is 2.54. The van der Waals surface area contributed by atoms with E-state index in [1.165, 1.54) is 0 Å². The molecule has 21 heavy (non-hydrogen) atoms. The summed E-state index contributed by atoms with van der Waals surface area (Å²) in [6.07, 6.45) is 6.53. The second-order valence-electron chi connectivity index (χ2n) is 5.28. The zero-order chi connectivity index (χ0) is 14.9. The van der Waals surface area contributed by atoms with Crippen molar-refractivity contribution >= 4 is 12.0 Å². The van der Waals surface area contributed by atoms with Crippen LogP contribution in [0.25, 0.3) is 6.08 Å². The zero-order valence-electron chi connectivity index (χ0n) is 12.4. The minimum atomic E-state index is 0.0826. The SMILES string of the molecule is NCCCOC1CCN(C(=O)C=Cc2ccccc2)CC1. The lowest BCUT2D eigenvalue weighted by molar-refractivity contribution is -0.128. The molecule has 0 spiro atoms. The highest BCUT2D eigenvalue weighted by molar-refractivity contribution is 5.91. The lowest BCUT2D eigenvalue weighted by Crippen LogP contribution is -2.40. The molecule has 4 nitrogen and oxygen atoms in total. The second kappa shape index (κ2) is 8.60. The predicted molar refractivity (Wildman–Crippen MR) is 84.7 cm³/mol. The van der Waals surface area contributed by atoms with E-state index in [-0.39, 0.29) is 12.0 Å². The third kappa shape index (κ3) is 5.33. The highest BCUT2D eigenvalue weighted by Gasteiger charge is 2.21. The maximum absolute atomic E-state index is 12.1. The maximum atomic E-state index is 12.1. The molecule has 2 rings (SSSR count). The van der Waals surface area contributed by atoms with Crippen molar-refractivity contribution in [3.05, 3.63) is 42.0 Å². The van der Waals surface area contributed by atoms with E-state index in [0.717, 1.165) is 44.5 Å². The quantitative estimate of drug-likeness (QED) is 0.644. The van der Waals surface area contributed by atoms with Gasteiger partial charge in [-0.3, -0.25) is 4.79 Å². The molecule has 0 aromatic heterocycles. The number of rotatable bonds is 6. The molecule has 1 heterocycles. The largest absolute Gasteiger partial charge is 0.378 e. The zero-order valence-corrected chi connectivity index (χ0v) is 12.4. The number of likely N-dealkylation sites (tertiary alicyclic amines) is 1. The van der Waals surface area contributed by atoms with Crippen LogP contribution in [-0.2, 0) is 9.53 Å². The molecule has 1 aliphatic heterocycles. The number of benzene rings is 1. The first-order chi connectivity index (χ1) is 10.3. The molecule has 0 atom stereocenters. The van der Waals surface area contributed by atoms with Crippen molar-refractivity contribution in [2.75, 3.05) is 26.2 Å². The molecule has 1 saturated heterocycles. The summed E-state index contributed by atoms with van der Waals surface area (Å²) in [5.74, 6) is 0.0826. The molecule has 114 valence electrons. The molecular weight excluding hydrogens is 264 g/mol. The van der Waals surface area contributed by atoms with E-state index < -0.39 is 0 Å². The van der Waals surface area contributed by atoms with Gasteiger partial charge >= 0.3 is 0 Å². The third-order valence-corrected chi connectivity index (χ3v) is 3.67. The molecule has 1 aromatic rings. The fourth-order valence-electron chi connectivity index (χ4n) is 2.41. The number of carbonyl (C=O) groups excluding carboxylic acids is 1. The first-order valence-electron chi connectivity index (χ1n) is 7.63. The van der Waals surface area contributed by atoms with E-state index in [9.17, 15) is 4.79 Å². The topological polar surface area (TPSA) is 55.6 Å². The predicted octanol–water partition coefficient (Wildman–Crippen LogP) is 2.06. The van der Waals surface area contributed by atoms with Gasteiger partial charge in [-0.15, -0.1) is 0 Å². The van der Waals surface area contributed by atoms with E-state index in [0.29, 0.717) is 6.54 Å². The van der Waals surface area contributed by atoms with Crippen LogP contribution in [0, 0.1) is 0 Å². The minimum absolute atomic E-state index is 0.0826. The number of piperidine rings is 1. The summed E-state index contributed by atoms with van der Waals surface area (Å²) in [7, 11) is 0. The number of ether oxygens (including phenoxy) is 1. The number of nitrogens with zero attached hydrogens (tertiary/aromatic N) is 1. The van der Waals surface area contributed by atoms with Gasteiger partial charge in [0.15, 0.2) is 0 Å². The van der Waals surface area contributed by atoms with Crippen LogP contribution < -0.4 is 5.73 Å². The summed E-state index contributed by atoms with van der Waals surface area (Å²) in [5, 5.41) is 0. The van der Waals surface area contributed by atoms with Crippen molar-refractivity contribution in [1.82, 2.24) is 4.90 Å². The molecule has 0 radical (unpaired) electrons. The Morgan fingerprint density at radius 2 is 2.00 bits per heavy atom. The van der Waals surface area contributed by atoms with Crippen LogP contribution in [0.4, 0.5) is 0 Å². The molecule has 1 aromatic carbocycles. The van der Waals surface area contributed by atoms with Gasteiger partial charge in [0.05, 0.1) is 6.10 Å². The molecule has 1 fully saturated rings. The normalized spacial score (nSPS) is 16.5.